The van der Waals surface area contributed by atoms with E-state index in [4.69, 9.17) is 0 Å². The van der Waals surface area contributed by atoms with Gasteiger partial charge in [0.2, 0.25) is 0 Å². The maximum atomic E-state index is 12.5. The smallest absolute Gasteiger partial charge is 0.139 e. The molecule has 1 aromatic carbocycles. The Morgan fingerprint density at radius 2 is 1.92 bits per heavy atom. The Hall–Kier alpha value is -1.35. The minimum absolute atomic E-state index is 0.0548. The normalized spacial score (nSPS) is 34.4. The summed E-state index contributed by atoms with van der Waals surface area (Å²) in [6, 6.07) is 4.33. The van der Waals surface area contributed by atoms with Crippen LogP contribution in [-0.4, -0.2) is 36.5 Å². The van der Waals surface area contributed by atoms with Crippen LogP contribution in [0, 0.1) is 17.3 Å². The molecule has 0 amide bonds. The minimum Gasteiger partial charge on any atom is -0.507 e. The summed E-state index contributed by atoms with van der Waals surface area (Å²) in [5, 5.41) is 10.5. The van der Waals surface area contributed by atoms with Gasteiger partial charge in [-0.1, -0.05) is 6.92 Å². The van der Waals surface area contributed by atoms with Gasteiger partial charge in [-0.2, -0.15) is 0 Å². The van der Waals surface area contributed by atoms with Gasteiger partial charge in [-0.3, -0.25) is 4.79 Å². The van der Waals surface area contributed by atoms with E-state index in [1.165, 1.54) is 17.5 Å². The number of benzene rings is 1. The zero-order valence-corrected chi connectivity index (χ0v) is 16.1. The van der Waals surface area contributed by atoms with Gasteiger partial charge in [0.05, 0.1) is 21.1 Å². The van der Waals surface area contributed by atoms with Crippen LogP contribution in [-0.2, 0) is 17.8 Å². The van der Waals surface area contributed by atoms with Crippen molar-refractivity contribution >= 4 is 5.78 Å². The minimum atomic E-state index is -0.0548. The van der Waals surface area contributed by atoms with Crippen molar-refractivity contribution in [1.82, 2.24) is 0 Å². The summed E-state index contributed by atoms with van der Waals surface area (Å²) in [7, 11) is 6.49. The maximum absolute atomic E-state index is 12.5. The molecule has 0 aliphatic heterocycles. The summed E-state index contributed by atoms with van der Waals surface area (Å²) < 4.78 is 0.815. The number of phenols is 1. The number of hydrogen-bond acceptors (Lipinski definition) is 2. The second-order valence-electron chi connectivity index (χ2n) is 9.96. The molecule has 4 unspecified atom stereocenters. The molecule has 4 atom stereocenters. The third-order valence-corrected chi connectivity index (χ3v) is 7.28. The molecule has 4 rings (SSSR count). The van der Waals surface area contributed by atoms with Gasteiger partial charge in [0.1, 0.15) is 18.1 Å². The van der Waals surface area contributed by atoms with E-state index in [1.807, 2.05) is 6.07 Å². The Balaban J connectivity index is 1.70. The molecule has 3 aliphatic carbocycles. The highest BCUT2D eigenvalue weighted by molar-refractivity contribution is 5.87. The van der Waals surface area contributed by atoms with Crippen LogP contribution in [0.3, 0.4) is 0 Å². The van der Waals surface area contributed by atoms with Crippen molar-refractivity contribution in [3.05, 3.63) is 28.8 Å². The lowest BCUT2D eigenvalue weighted by molar-refractivity contribution is -0.884. The summed E-state index contributed by atoms with van der Waals surface area (Å²) >= 11 is 0. The summed E-state index contributed by atoms with van der Waals surface area (Å²) in [5.74, 6) is 2.78. The van der Waals surface area contributed by atoms with Gasteiger partial charge in [0.15, 0.2) is 0 Å². The molecule has 3 aliphatic rings. The number of fused-ring (bicyclic) bond motifs is 5. The largest absolute Gasteiger partial charge is 0.507 e. The van der Waals surface area contributed by atoms with Crippen LogP contribution >= 0.6 is 0 Å². The highest BCUT2D eigenvalue weighted by Gasteiger charge is 2.54. The zero-order valence-electron chi connectivity index (χ0n) is 16.1. The van der Waals surface area contributed by atoms with Crippen LogP contribution in [0.5, 0.6) is 5.75 Å². The van der Waals surface area contributed by atoms with Crippen LogP contribution in [0.2, 0.25) is 0 Å². The van der Waals surface area contributed by atoms with Crippen molar-refractivity contribution < 1.29 is 14.4 Å². The number of nitrogens with zero attached hydrogens (tertiary/aromatic N) is 1. The number of phenolic OH excluding ortho intramolecular Hbond substituents is 1. The lowest BCUT2D eigenvalue weighted by Gasteiger charge is -2.48. The Kier molecular flexibility index (Phi) is 3.81. The molecule has 1 aromatic rings. The van der Waals surface area contributed by atoms with E-state index in [9.17, 15) is 9.90 Å². The number of Topliss-reactive ketones (excluding diaryl/α,β-unsaturated/α-hetero) is 1. The number of carbonyl (C=O) groups is 1. The highest BCUT2D eigenvalue weighted by Crippen LogP contribution is 2.59. The SMILES string of the molecule is CC12CCC3c4cc(C[N+](C)(C)C)c(O)cc4CCC3C1CCC2=O. The van der Waals surface area contributed by atoms with Gasteiger partial charge < -0.3 is 9.59 Å². The summed E-state index contributed by atoms with van der Waals surface area (Å²) in [5.41, 5.74) is 3.83. The molecule has 25 heavy (non-hydrogen) atoms. The molecular formula is C22H32NO2+. The molecule has 0 aromatic heterocycles. The number of ketones is 1. The molecule has 2 saturated carbocycles. The standard InChI is InChI=1S/C22H31NO2/c1-22-10-9-16-17(19(22)7-8-21(22)25)6-5-14-12-20(24)15(11-18(14)16)13-23(2,3)4/h11-12,16-17,19H,5-10,13H2,1-4H3/p+1. The van der Waals surface area contributed by atoms with Crippen molar-refractivity contribution in [3.63, 3.8) is 0 Å². The molecule has 2 fully saturated rings. The van der Waals surface area contributed by atoms with E-state index in [2.05, 4.69) is 34.1 Å². The van der Waals surface area contributed by atoms with Crippen molar-refractivity contribution in [2.45, 2.75) is 57.9 Å². The molecule has 0 heterocycles. The Morgan fingerprint density at radius 3 is 2.64 bits per heavy atom. The van der Waals surface area contributed by atoms with E-state index in [-0.39, 0.29) is 5.41 Å². The first-order valence-corrected chi connectivity index (χ1v) is 9.87. The molecule has 136 valence electrons. The third kappa shape index (κ3) is 2.71. The van der Waals surface area contributed by atoms with Gasteiger partial charge in [0, 0.05) is 17.4 Å². The zero-order chi connectivity index (χ0) is 18.0. The summed E-state index contributed by atoms with van der Waals surface area (Å²) in [6.07, 6.45) is 6.29. The molecule has 0 radical (unpaired) electrons. The van der Waals surface area contributed by atoms with E-state index >= 15 is 0 Å². The second-order valence-corrected chi connectivity index (χ2v) is 9.96. The van der Waals surface area contributed by atoms with Crippen LogP contribution in [0.1, 0.15) is 61.6 Å². The molecule has 3 heteroatoms. The molecule has 0 bridgehead atoms. The molecule has 0 saturated heterocycles. The Bertz CT molecular complexity index is 717. The van der Waals surface area contributed by atoms with Crippen LogP contribution in [0.15, 0.2) is 12.1 Å². The van der Waals surface area contributed by atoms with Gasteiger partial charge in [-0.15, -0.1) is 0 Å². The Morgan fingerprint density at radius 1 is 1.16 bits per heavy atom. The lowest BCUT2D eigenvalue weighted by atomic mass is 9.55. The topological polar surface area (TPSA) is 37.3 Å². The van der Waals surface area contributed by atoms with Crippen LogP contribution in [0.25, 0.3) is 0 Å². The fourth-order valence-electron chi connectivity index (χ4n) is 6.06. The van der Waals surface area contributed by atoms with Crippen LogP contribution in [0.4, 0.5) is 0 Å². The first-order valence-electron chi connectivity index (χ1n) is 9.87. The number of rotatable bonds is 2. The number of aromatic hydroxyl groups is 1. The second kappa shape index (κ2) is 5.57. The average Bonchev–Trinajstić information content (AvgIpc) is 2.82. The fourth-order valence-corrected chi connectivity index (χ4v) is 6.06. The van der Waals surface area contributed by atoms with E-state index in [0.717, 1.165) is 48.7 Å². The van der Waals surface area contributed by atoms with Gasteiger partial charge in [-0.25, -0.2) is 0 Å². The van der Waals surface area contributed by atoms with Gasteiger partial charge >= 0.3 is 0 Å². The summed E-state index contributed by atoms with van der Waals surface area (Å²) in [6.45, 7) is 3.08. The van der Waals surface area contributed by atoms with E-state index < -0.39 is 0 Å². The number of aryl methyl sites for hydroxylation is 1. The van der Waals surface area contributed by atoms with Crippen molar-refractivity contribution in [2.24, 2.45) is 17.3 Å². The lowest BCUT2D eigenvalue weighted by Crippen LogP contribution is -2.42. The van der Waals surface area contributed by atoms with Gasteiger partial charge in [-0.05, 0) is 73.1 Å². The van der Waals surface area contributed by atoms with Crippen molar-refractivity contribution in [3.8, 4) is 5.75 Å². The number of carbonyl (C=O) groups excluding carboxylic acids is 1. The molecule has 1 N–H and O–H groups in total. The van der Waals surface area contributed by atoms with Crippen molar-refractivity contribution in [1.29, 1.82) is 0 Å². The predicted molar refractivity (Wildman–Crippen MR) is 99.5 cm³/mol. The average molecular weight is 343 g/mol. The first kappa shape index (κ1) is 17.1. The molecule has 0 spiro atoms. The first-order chi connectivity index (χ1) is 11.7. The van der Waals surface area contributed by atoms with Crippen molar-refractivity contribution in [2.75, 3.05) is 21.1 Å². The summed E-state index contributed by atoms with van der Waals surface area (Å²) in [4.78, 5) is 12.5. The maximum Gasteiger partial charge on any atom is 0.139 e. The molecule has 3 nitrogen and oxygen atoms in total. The highest BCUT2D eigenvalue weighted by atomic mass is 16.3. The number of hydrogen-bond donors (Lipinski definition) is 1. The van der Waals surface area contributed by atoms with Crippen LogP contribution < -0.4 is 0 Å². The fraction of sp³-hybridized carbons (Fsp3) is 0.682. The predicted octanol–water partition coefficient (Wildman–Crippen LogP) is 4.02. The van der Waals surface area contributed by atoms with E-state index in [0.29, 0.717) is 29.3 Å². The third-order valence-electron chi connectivity index (χ3n) is 7.28. The number of quaternary nitrogens is 1. The molecular weight excluding hydrogens is 310 g/mol. The van der Waals surface area contributed by atoms with Gasteiger partial charge in [0.25, 0.3) is 0 Å². The quantitative estimate of drug-likeness (QED) is 0.824. The Labute approximate surface area is 151 Å². The van der Waals surface area contributed by atoms with E-state index in [1.54, 1.807) is 0 Å². The monoisotopic (exact) mass is 342 g/mol.